The molecule has 154 valence electrons. The van der Waals surface area contributed by atoms with Crippen LogP contribution < -0.4 is 9.47 Å². The topological polar surface area (TPSA) is 59.0 Å². The van der Waals surface area contributed by atoms with Crippen LogP contribution in [0.2, 0.25) is 0 Å². The molecule has 0 unspecified atom stereocenters. The molecule has 3 rings (SSSR count). The van der Waals surface area contributed by atoms with E-state index in [4.69, 9.17) is 9.47 Å². The average Bonchev–Trinajstić information content (AvgIpc) is 2.75. The Kier molecular flexibility index (Phi) is 6.94. The summed E-state index contributed by atoms with van der Waals surface area (Å²) >= 11 is 0. The molecule has 1 fully saturated rings. The number of methoxy groups -OCH3 is 2. The summed E-state index contributed by atoms with van der Waals surface area (Å²) in [5.74, 6) is 0.896. The van der Waals surface area contributed by atoms with Crippen LogP contribution in [0.15, 0.2) is 36.4 Å². The van der Waals surface area contributed by atoms with E-state index < -0.39 is 0 Å². The van der Waals surface area contributed by atoms with Crippen molar-refractivity contribution in [3.05, 3.63) is 58.7 Å². The van der Waals surface area contributed by atoms with Gasteiger partial charge < -0.3 is 14.6 Å². The molecule has 0 bridgehead atoms. The third kappa shape index (κ3) is 4.98. The number of allylic oxidation sites excluding steroid dienone is 1. The Labute approximate surface area is 172 Å². The molecule has 0 saturated carbocycles. The highest BCUT2D eigenvalue weighted by Gasteiger charge is 2.23. The van der Waals surface area contributed by atoms with Gasteiger partial charge in [0, 0.05) is 12.1 Å². The van der Waals surface area contributed by atoms with Gasteiger partial charge in [-0.2, -0.15) is 0 Å². The molecule has 5 heteroatoms. The number of phenolic OH excluding ortho intramolecular Hbond substituents is 1. The summed E-state index contributed by atoms with van der Waals surface area (Å²) in [6, 6.07) is 9.26. The molecule has 0 spiro atoms. The maximum Gasteiger partial charge on any atom is 0.193 e. The Morgan fingerprint density at radius 3 is 2.41 bits per heavy atom. The first-order valence-corrected chi connectivity index (χ1v) is 10.0. The van der Waals surface area contributed by atoms with Gasteiger partial charge >= 0.3 is 0 Å². The van der Waals surface area contributed by atoms with Crippen LogP contribution in [-0.2, 0) is 6.54 Å². The van der Waals surface area contributed by atoms with Crippen LogP contribution >= 0.6 is 0 Å². The van der Waals surface area contributed by atoms with E-state index in [1.54, 1.807) is 13.2 Å². The van der Waals surface area contributed by atoms with E-state index in [0.717, 1.165) is 35.5 Å². The van der Waals surface area contributed by atoms with Crippen molar-refractivity contribution in [2.24, 2.45) is 0 Å². The van der Waals surface area contributed by atoms with Crippen LogP contribution in [0, 0.1) is 6.92 Å². The number of rotatable bonds is 7. The zero-order valence-corrected chi connectivity index (χ0v) is 17.4. The molecule has 1 saturated heterocycles. The molecule has 5 nitrogen and oxygen atoms in total. The third-order valence-electron chi connectivity index (χ3n) is 5.43. The number of ether oxygens (including phenoxy) is 2. The highest BCUT2D eigenvalue weighted by atomic mass is 16.5. The molecule has 1 aliphatic heterocycles. The van der Waals surface area contributed by atoms with Gasteiger partial charge in [0.05, 0.1) is 14.2 Å². The molecule has 0 radical (unpaired) electrons. The van der Waals surface area contributed by atoms with Gasteiger partial charge in [-0.05, 0) is 68.3 Å². The first-order valence-electron chi connectivity index (χ1n) is 10.0. The van der Waals surface area contributed by atoms with E-state index in [1.807, 2.05) is 37.3 Å². The van der Waals surface area contributed by atoms with E-state index in [1.165, 1.54) is 32.4 Å². The quantitative estimate of drug-likeness (QED) is 0.548. The van der Waals surface area contributed by atoms with Crippen LogP contribution in [0.25, 0.3) is 6.08 Å². The summed E-state index contributed by atoms with van der Waals surface area (Å²) in [6.07, 6.45) is 6.80. The Bertz CT molecular complexity index is 881. The molecule has 29 heavy (non-hydrogen) atoms. The Morgan fingerprint density at radius 1 is 1.10 bits per heavy atom. The van der Waals surface area contributed by atoms with Crippen LogP contribution in [0.4, 0.5) is 0 Å². The molecular weight excluding hydrogens is 366 g/mol. The van der Waals surface area contributed by atoms with Crippen molar-refractivity contribution < 1.29 is 19.4 Å². The second-order valence-corrected chi connectivity index (χ2v) is 7.41. The Balaban J connectivity index is 1.88. The summed E-state index contributed by atoms with van der Waals surface area (Å²) in [6.45, 7) is 4.63. The van der Waals surface area contributed by atoms with Gasteiger partial charge in [-0.1, -0.05) is 24.6 Å². The lowest BCUT2D eigenvalue weighted by Gasteiger charge is -2.28. The first kappa shape index (κ1) is 20.9. The van der Waals surface area contributed by atoms with Gasteiger partial charge in [-0.3, -0.25) is 9.69 Å². The van der Waals surface area contributed by atoms with Crippen molar-refractivity contribution in [3.8, 4) is 17.2 Å². The zero-order chi connectivity index (χ0) is 20.8. The standard InChI is InChI=1S/C24H29NO4/c1-17-15-22(29-3)23(24(27)20(17)16-25-13-5-4-6-14-25)21(26)12-9-18-7-10-19(28-2)11-8-18/h7-12,15,27H,4-6,13-14,16H2,1-3H3/b12-9+. The van der Waals surface area contributed by atoms with Gasteiger partial charge in [-0.25, -0.2) is 0 Å². The molecule has 0 aromatic heterocycles. The number of nitrogens with zero attached hydrogens (tertiary/aromatic N) is 1. The van der Waals surface area contributed by atoms with E-state index in [2.05, 4.69) is 4.90 Å². The molecular formula is C24H29NO4. The van der Waals surface area contributed by atoms with Crippen LogP contribution in [0.5, 0.6) is 17.2 Å². The van der Waals surface area contributed by atoms with Crippen molar-refractivity contribution >= 4 is 11.9 Å². The Hall–Kier alpha value is -2.79. The smallest absolute Gasteiger partial charge is 0.193 e. The van der Waals surface area contributed by atoms with Crippen molar-refractivity contribution in [2.45, 2.75) is 32.7 Å². The Morgan fingerprint density at radius 2 is 1.79 bits per heavy atom. The molecule has 0 amide bonds. The molecule has 2 aromatic carbocycles. The lowest BCUT2D eigenvalue weighted by molar-refractivity contribution is 0.104. The molecule has 1 N–H and O–H groups in total. The minimum atomic E-state index is -0.282. The second-order valence-electron chi connectivity index (χ2n) is 7.41. The number of phenols is 1. The number of aromatic hydroxyl groups is 1. The fourth-order valence-corrected chi connectivity index (χ4v) is 3.72. The first-order chi connectivity index (χ1) is 14.0. The largest absolute Gasteiger partial charge is 0.507 e. The number of ketones is 1. The van der Waals surface area contributed by atoms with Crippen molar-refractivity contribution in [1.82, 2.24) is 4.90 Å². The number of hydrogen-bond donors (Lipinski definition) is 1. The zero-order valence-electron chi connectivity index (χ0n) is 17.4. The number of carbonyl (C=O) groups excluding carboxylic acids is 1. The van der Waals surface area contributed by atoms with Crippen LogP contribution in [-0.4, -0.2) is 43.1 Å². The minimum absolute atomic E-state index is 0.0248. The van der Waals surface area contributed by atoms with Crippen molar-refractivity contribution in [1.29, 1.82) is 0 Å². The number of aryl methyl sites for hydroxylation is 1. The van der Waals surface area contributed by atoms with E-state index in [0.29, 0.717) is 12.3 Å². The number of piperidine rings is 1. The predicted molar refractivity (Wildman–Crippen MR) is 115 cm³/mol. The highest BCUT2D eigenvalue weighted by molar-refractivity contribution is 6.10. The van der Waals surface area contributed by atoms with Crippen LogP contribution in [0.3, 0.4) is 0 Å². The molecule has 0 aliphatic carbocycles. The highest BCUT2D eigenvalue weighted by Crippen LogP contribution is 2.36. The fraction of sp³-hybridized carbons (Fsp3) is 0.375. The lowest BCUT2D eigenvalue weighted by atomic mass is 9.97. The molecule has 0 atom stereocenters. The van der Waals surface area contributed by atoms with Gasteiger partial charge in [-0.15, -0.1) is 0 Å². The van der Waals surface area contributed by atoms with E-state index in [-0.39, 0.29) is 17.1 Å². The predicted octanol–water partition coefficient (Wildman–Crippen LogP) is 4.60. The summed E-state index contributed by atoms with van der Waals surface area (Å²) in [7, 11) is 3.13. The molecule has 1 heterocycles. The molecule has 1 aliphatic rings. The summed E-state index contributed by atoms with van der Waals surface area (Å²) in [5.41, 5.74) is 2.82. The fourth-order valence-electron chi connectivity index (χ4n) is 3.72. The van der Waals surface area contributed by atoms with Crippen LogP contribution in [0.1, 0.15) is 46.3 Å². The maximum atomic E-state index is 12.9. The SMILES string of the molecule is COc1ccc(/C=C/C(=O)c2c(OC)cc(C)c(CN3CCCCC3)c2O)cc1. The number of likely N-dealkylation sites (tertiary alicyclic amines) is 1. The van der Waals surface area contributed by atoms with Gasteiger partial charge in [0.15, 0.2) is 5.78 Å². The van der Waals surface area contributed by atoms with E-state index in [9.17, 15) is 9.90 Å². The van der Waals surface area contributed by atoms with Gasteiger partial charge in [0.25, 0.3) is 0 Å². The lowest BCUT2D eigenvalue weighted by Crippen LogP contribution is -2.29. The monoisotopic (exact) mass is 395 g/mol. The minimum Gasteiger partial charge on any atom is -0.507 e. The molecule has 2 aromatic rings. The summed E-state index contributed by atoms with van der Waals surface area (Å²) < 4.78 is 10.6. The average molecular weight is 395 g/mol. The number of benzene rings is 2. The summed E-state index contributed by atoms with van der Waals surface area (Å²) in [4.78, 5) is 15.3. The second kappa shape index (κ2) is 9.61. The number of hydrogen-bond acceptors (Lipinski definition) is 5. The van der Waals surface area contributed by atoms with E-state index >= 15 is 0 Å². The van der Waals surface area contributed by atoms with Crippen molar-refractivity contribution in [2.75, 3.05) is 27.3 Å². The number of carbonyl (C=O) groups is 1. The van der Waals surface area contributed by atoms with Gasteiger partial charge in [0.1, 0.15) is 22.8 Å². The maximum absolute atomic E-state index is 12.9. The van der Waals surface area contributed by atoms with Gasteiger partial charge in [0.2, 0.25) is 0 Å². The third-order valence-corrected chi connectivity index (χ3v) is 5.43. The summed E-state index contributed by atoms with van der Waals surface area (Å²) in [5, 5.41) is 11.0. The van der Waals surface area contributed by atoms with Crippen molar-refractivity contribution in [3.63, 3.8) is 0 Å². The normalized spacial score (nSPS) is 14.9.